The zero-order valence-corrected chi connectivity index (χ0v) is 35.4. The van der Waals surface area contributed by atoms with E-state index in [1.54, 1.807) is 12.1 Å². The molecule has 0 radical (unpaired) electrons. The lowest BCUT2D eigenvalue weighted by Crippen LogP contribution is -1.99. The van der Waals surface area contributed by atoms with Crippen LogP contribution in [0.1, 0.15) is 128 Å². The Labute approximate surface area is 346 Å². The summed E-state index contributed by atoms with van der Waals surface area (Å²) in [5.41, 5.74) is 10.2. The molecule has 0 aliphatic heterocycles. The van der Waals surface area contributed by atoms with Gasteiger partial charge in [0, 0.05) is 22.5 Å². The van der Waals surface area contributed by atoms with Crippen molar-refractivity contribution in [2.45, 2.75) is 129 Å². The van der Waals surface area contributed by atoms with Crippen molar-refractivity contribution < 1.29 is 18.3 Å². The maximum atomic E-state index is 14.8. The first-order valence-electron chi connectivity index (χ1n) is 22.1. The maximum Gasteiger partial charge on any atom is 0.165 e. The van der Waals surface area contributed by atoms with E-state index in [4.69, 9.17) is 9.47 Å². The normalized spacial score (nSPS) is 11.5. The largest absolute Gasteiger partial charge is 0.494 e. The fraction of sp³-hybridized carbons (Fsp3) is 0.423. The Morgan fingerprint density at radius 2 is 0.759 bits per heavy atom. The van der Waals surface area contributed by atoms with E-state index in [0.717, 1.165) is 57.8 Å². The number of aryl methyl sites for hydroxylation is 2. The summed E-state index contributed by atoms with van der Waals surface area (Å²) >= 11 is 0. The summed E-state index contributed by atoms with van der Waals surface area (Å²) in [5.74, 6) is -0.402. The van der Waals surface area contributed by atoms with Crippen LogP contribution in [0.4, 0.5) is 8.78 Å². The van der Waals surface area contributed by atoms with Crippen molar-refractivity contribution >= 4 is 11.0 Å². The molecule has 6 aromatic rings. The van der Waals surface area contributed by atoms with Crippen molar-refractivity contribution in [1.29, 1.82) is 0 Å². The van der Waals surface area contributed by atoms with Crippen LogP contribution < -0.4 is 9.47 Å². The van der Waals surface area contributed by atoms with Crippen molar-refractivity contribution in [2.75, 3.05) is 14.2 Å². The van der Waals surface area contributed by atoms with Crippen molar-refractivity contribution in [1.82, 2.24) is 9.13 Å². The van der Waals surface area contributed by atoms with Crippen molar-refractivity contribution in [2.24, 2.45) is 0 Å². The van der Waals surface area contributed by atoms with Gasteiger partial charge in [0.15, 0.2) is 23.1 Å². The zero-order chi connectivity index (χ0) is 40.7. The fourth-order valence-corrected chi connectivity index (χ4v) is 8.32. The van der Waals surface area contributed by atoms with E-state index >= 15 is 0 Å². The lowest BCUT2D eigenvalue weighted by molar-refractivity contribution is 0.387. The van der Waals surface area contributed by atoms with Gasteiger partial charge in [0.1, 0.15) is 0 Å². The molecule has 58 heavy (non-hydrogen) atoms. The molecule has 2 heterocycles. The highest BCUT2D eigenvalue weighted by Gasteiger charge is 2.22. The van der Waals surface area contributed by atoms with Gasteiger partial charge >= 0.3 is 0 Å². The molecule has 4 nitrogen and oxygen atoms in total. The highest BCUT2D eigenvalue weighted by atomic mass is 19.1. The van der Waals surface area contributed by atoms with Crippen molar-refractivity contribution in [3.63, 3.8) is 0 Å². The molecule has 0 atom stereocenters. The van der Waals surface area contributed by atoms with Crippen LogP contribution in [0.15, 0.2) is 97.1 Å². The van der Waals surface area contributed by atoms with Crippen LogP contribution in [-0.2, 0) is 12.8 Å². The van der Waals surface area contributed by atoms with Crippen LogP contribution in [0, 0.1) is 11.6 Å². The van der Waals surface area contributed by atoms with Gasteiger partial charge in [0.05, 0.1) is 36.6 Å². The predicted octanol–water partition coefficient (Wildman–Crippen LogP) is 15.4. The number of halogens is 2. The molecule has 6 heteroatoms. The van der Waals surface area contributed by atoms with Crippen molar-refractivity contribution in [3.05, 3.63) is 120 Å². The van der Waals surface area contributed by atoms with Gasteiger partial charge in [-0.25, -0.2) is 8.78 Å². The van der Waals surface area contributed by atoms with E-state index in [9.17, 15) is 8.78 Å². The van der Waals surface area contributed by atoms with E-state index < -0.39 is 11.6 Å². The van der Waals surface area contributed by atoms with Crippen LogP contribution in [0.5, 0.6) is 11.5 Å². The number of aromatic nitrogens is 2. The number of hydrogen-bond donors (Lipinski definition) is 0. The monoisotopic (exact) mass is 786 g/mol. The topological polar surface area (TPSA) is 28.3 Å². The van der Waals surface area contributed by atoms with Crippen LogP contribution in [0.25, 0.3) is 44.9 Å². The van der Waals surface area contributed by atoms with Gasteiger partial charge in [-0.1, -0.05) is 128 Å². The number of benzene rings is 4. The molecule has 0 N–H and O–H groups in total. The highest BCUT2D eigenvalue weighted by molar-refractivity contribution is 5.94. The smallest absolute Gasteiger partial charge is 0.165 e. The highest BCUT2D eigenvalue weighted by Crippen LogP contribution is 2.40. The van der Waals surface area contributed by atoms with Gasteiger partial charge < -0.3 is 18.6 Å². The summed E-state index contributed by atoms with van der Waals surface area (Å²) in [6.45, 7) is 4.53. The zero-order valence-electron chi connectivity index (χ0n) is 35.4. The minimum atomic E-state index is -0.400. The third-order valence-electron chi connectivity index (χ3n) is 11.7. The molecule has 308 valence electrons. The Hall–Kier alpha value is -4.84. The van der Waals surface area contributed by atoms with E-state index in [1.807, 2.05) is 12.1 Å². The van der Waals surface area contributed by atoms with Gasteiger partial charge in [-0.3, -0.25) is 0 Å². The second-order valence-electron chi connectivity index (χ2n) is 16.0. The molecule has 0 unspecified atom stereocenters. The fourth-order valence-electron chi connectivity index (χ4n) is 8.32. The minimum Gasteiger partial charge on any atom is -0.494 e. The van der Waals surface area contributed by atoms with E-state index in [0.29, 0.717) is 0 Å². The summed E-state index contributed by atoms with van der Waals surface area (Å²) in [7, 11) is 3.00. The van der Waals surface area contributed by atoms with Crippen LogP contribution in [0.2, 0.25) is 0 Å². The number of rotatable bonds is 24. The number of unbranched alkanes of at least 4 members (excludes halogenated alkanes) is 14. The van der Waals surface area contributed by atoms with Gasteiger partial charge in [-0.15, -0.1) is 0 Å². The quantitative estimate of drug-likeness (QED) is 0.0572. The molecule has 4 aromatic carbocycles. The summed E-state index contributed by atoms with van der Waals surface area (Å²) in [6.07, 6.45) is 22.9. The molecule has 0 fully saturated rings. The number of methoxy groups -OCH3 is 2. The average molecular weight is 787 g/mol. The number of fused-ring (bicyclic) bond motifs is 1. The summed E-state index contributed by atoms with van der Waals surface area (Å²) in [4.78, 5) is 0. The minimum absolute atomic E-state index is 0.199. The predicted molar refractivity (Wildman–Crippen MR) is 239 cm³/mol. The first-order chi connectivity index (χ1) is 28.4. The molecule has 2 aromatic heterocycles. The summed E-state index contributed by atoms with van der Waals surface area (Å²) < 4.78 is 44.9. The Morgan fingerprint density at radius 3 is 1.10 bits per heavy atom. The van der Waals surface area contributed by atoms with Crippen molar-refractivity contribution in [3.8, 4) is 45.4 Å². The molecule has 0 bridgehead atoms. The molecule has 0 aliphatic rings. The van der Waals surface area contributed by atoms with Gasteiger partial charge in [0.25, 0.3) is 0 Å². The van der Waals surface area contributed by atoms with E-state index in [-0.39, 0.29) is 11.5 Å². The Bertz CT molecular complexity index is 2010. The first-order valence-corrected chi connectivity index (χ1v) is 22.1. The Kier molecular flexibility index (Phi) is 16.1. The first kappa shape index (κ1) is 42.8. The molecule has 0 amide bonds. The Balaban J connectivity index is 1.36. The lowest BCUT2D eigenvalue weighted by Gasteiger charge is -2.14. The summed E-state index contributed by atoms with van der Waals surface area (Å²) in [6, 6.07) is 32.2. The van der Waals surface area contributed by atoms with Crippen LogP contribution in [-0.4, -0.2) is 23.4 Å². The SMILES string of the molecule is CCCCCCCCCCc1ccc(-n2c(-c3ccc(F)c(OC)c3)cc3c2cc(-c2ccc(F)c(OC)c2)n3-c2ccc(CCCCCCCCCC)cc2)cc1. The second kappa shape index (κ2) is 21.8. The third kappa shape index (κ3) is 10.8. The van der Waals surface area contributed by atoms with Crippen LogP contribution in [0.3, 0.4) is 0 Å². The molecular formula is C52H64F2N2O2. The maximum absolute atomic E-state index is 14.8. The molecule has 0 saturated heterocycles. The molecule has 0 saturated carbocycles. The van der Waals surface area contributed by atoms with E-state index in [2.05, 4.69) is 83.6 Å². The average Bonchev–Trinajstić information content (AvgIpc) is 3.80. The van der Waals surface area contributed by atoms with Crippen LogP contribution >= 0.6 is 0 Å². The summed E-state index contributed by atoms with van der Waals surface area (Å²) in [5, 5.41) is 0. The van der Waals surface area contributed by atoms with Gasteiger partial charge in [-0.2, -0.15) is 0 Å². The number of hydrogen-bond acceptors (Lipinski definition) is 2. The Morgan fingerprint density at radius 1 is 0.414 bits per heavy atom. The van der Waals surface area contributed by atoms with E-state index in [1.165, 1.54) is 140 Å². The number of nitrogens with zero attached hydrogens (tertiary/aromatic N) is 2. The second-order valence-corrected chi connectivity index (χ2v) is 16.0. The van der Waals surface area contributed by atoms with Gasteiger partial charge in [-0.05, 0) is 110 Å². The standard InChI is InChI=1S/C52H64F2N2O2/c1-5-7-9-11-13-15-17-19-21-39-23-29-43(30-24-39)55-47(41-27-33-45(53)51(35-41)57-3)37-50-49(55)38-48(42-28-34-46(54)52(36-42)58-4)56(50)44-31-25-40(26-32-44)22-20-18-16-14-12-10-8-6-2/h23-38H,5-22H2,1-4H3. The molecule has 0 aliphatic carbocycles. The molecular weight excluding hydrogens is 723 g/mol. The third-order valence-corrected chi connectivity index (χ3v) is 11.7. The lowest BCUT2D eigenvalue weighted by atomic mass is 10.0. The molecule has 0 spiro atoms. The van der Waals surface area contributed by atoms with Gasteiger partial charge in [0.2, 0.25) is 0 Å². The molecule has 6 rings (SSSR count). The number of ether oxygens (including phenoxy) is 2.